The molecule has 0 aliphatic carbocycles. The minimum atomic E-state index is -4.53. The monoisotopic (exact) mass is 325 g/mol. The van der Waals surface area contributed by atoms with Gasteiger partial charge in [0, 0.05) is 19.4 Å². The highest BCUT2D eigenvalue weighted by Crippen LogP contribution is 2.33. The van der Waals surface area contributed by atoms with Crippen LogP contribution in [0.3, 0.4) is 0 Å². The molecule has 2 heterocycles. The standard InChI is InChI=1S/C13H14F3N7/c1-8-10(7-23(22-8)5-3-4-17)20-12-19-6-9(13(14,15)16)11(18-2)21-12/h6-7H,3,5H2,1-2H3,(H2,18,19,20,21). The summed E-state index contributed by atoms with van der Waals surface area (Å²) in [5.41, 5.74) is 0.245. The van der Waals surface area contributed by atoms with E-state index < -0.39 is 11.7 Å². The molecule has 2 N–H and O–H groups in total. The zero-order valence-corrected chi connectivity index (χ0v) is 12.4. The molecule has 23 heavy (non-hydrogen) atoms. The Labute approximate surface area is 130 Å². The van der Waals surface area contributed by atoms with E-state index in [0.29, 0.717) is 24.3 Å². The van der Waals surface area contributed by atoms with Crippen molar-refractivity contribution in [2.45, 2.75) is 26.1 Å². The van der Waals surface area contributed by atoms with Crippen molar-refractivity contribution in [3.05, 3.63) is 23.7 Å². The van der Waals surface area contributed by atoms with Crippen molar-refractivity contribution in [1.29, 1.82) is 5.26 Å². The van der Waals surface area contributed by atoms with Crippen molar-refractivity contribution < 1.29 is 13.2 Å². The van der Waals surface area contributed by atoms with Crippen LogP contribution in [-0.4, -0.2) is 26.8 Å². The molecule has 0 aromatic carbocycles. The molecule has 0 spiro atoms. The van der Waals surface area contributed by atoms with Crippen molar-refractivity contribution in [2.75, 3.05) is 17.7 Å². The number of hydrogen-bond donors (Lipinski definition) is 2. The minimum absolute atomic E-state index is 0.0188. The third-order valence-corrected chi connectivity index (χ3v) is 2.98. The molecule has 2 aromatic heterocycles. The average Bonchev–Trinajstić information content (AvgIpc) is 2.84. The summed E-state index contributed by atoms with van der Waals surface area (Å²) in [6.07, 6.45) is -1.86. The number of alkyl halides is 3. The van der Waals surface area contributed by atoms with Crippen molar-refractivity contribution in [3.8, 4) is 6.07 Å². The average molecular weight is 325 g/mol. The molecule has 0 saturated carbocycles. The van der Waals surface area contributed by atoms with Crippen molar-refractivity contribution in [2.24, 2.45) is 0 Å². The van der Waals surface area contributed by atoms with Crippen LogP contribution in [0.15, 0.2) is 12.4 Å². The first-order chi connectivity index (χ1) is 10.8. The summed E-state index contributed by atoms with van der Waals surface area (Å²) in [6, 6.07) is 2.01. The van der Waals surface area contributed by atoms with E-state index in [2.05, 4.69) is 25.7 Å². The number of anilines is 3. The summed E-state index contributed by atoms with van der Waals surface area (Å²) < 4.78 is 40.0. The predicted molar refractivity (Wildman–Crippen MR) is 77.1 cm³/mol. The fraction of sp³-hybridized carbons (Fsp3) is 0.385. The van der Waals surface area contributed by atoms with Gasteiger partial charge in [-0.3, -0.25) is 4.68 Å². The molecule has 122 valence electrons. The van der Waals surface area contributed by atoms with E-state index in [9.17, 15) is 13.2 Å². The van der Waals surface area contributed by atoms with Gasteiger partial charge in [0.15, 0.2) is 0 Å². The van der Waals surface area contributed by atoms with E-state index in [-0.39, 0.29) is 11.8 Å². The second-order valence-corrected chi connectivity index (χ2v) is 4.63. The van der Waals surface area contributed by atoms with Crippen LogP contribution < -0.4 is 10.6 Å². The lowest BCUT2D eigenvalue weighted by atomic mass is 10.3. The number of rotatable bonds is 5. The number of aromatic nitrogens is 4. The van der Waals surface area contributed by atoms with Gasteiger partial charge in [-0.25, -0.2) is 4.98 Å². The summed E-state index contributed by atoms with van der Waals surface area (Å²) in [7, 11) is 1.35. The second kappa shape index (κ2) is 6.51. The molecule has 2 aromatic rings. The van der Waals surface area contributed by atoms with Crippen molar-refractivity contribution >= 4 is 17.5 Å². The zero-order valence-electron chi connectivity index (χ0n) is 12.4. The number of halogens is 3. The van der Waals surface area contributed by atoms with Gasteiger partial charge in [0.1, 0.15) is 11.4 Å². The maximum atomic E-state index is 12.8. The Hall–Kier alpha value is -2.83. The molecule has 0 radical (unpaired) electrons. The molecule has 7 nitrogen and oxygen atoms in total. The van der Waals surface area contributed by atoms with Crippen molar-refractivity contribution in [3.63, 3.8) is 0 Å². The first kappa shape index (κ1) is 16.5. The topological polar surface area (TPSA) is 91.5 Å². The fourth-order valence-electron chi connectivity index (χ4n) is 1.88. The normalized spacial score (nSPS) is 11.1. The van der Waals surface area contributed by atoms with Crippen molar-refractivity contribution in [1.82, 2.24) is 19.7 Å². The molecule has 0 saturated heterocycles. The van der Waals surface area contributed by atoms with Crippen LogP contribution in [0.2, 0.25) is 0 Å². The third-order valence-electron chi connectivity index (χ3n) is 2.98. The number of hydrogen-bond acceptors (Lipinski definition) is 6. The number of aryl methyl sites for hydroxylation is 2. The molecular formula is C13H14F3N7. The minimum Gasteiger partial charge on any atom is -0.372 e. The largest absolute Gasteiger partial charge is 0.421 e. The maximum Gasteiger partial charge on any atom is 0.421 e. The molecular weight excluding hydrogens is 311 g/mol. The summed E-state index contributed by atoms with van der Waals surface area (Å²) in [5, 5.41) is 18.0. The van der Waals surface area contributed by atoms with Gasteiger partial charge in [0.05, 0.1) is 30.4 Å². The first-order valence-electron chi connectivity index (χ1n) is 6.65. The molecule has 2 rings (SSSR count). The van der Waals surface area contributed by atoms with E-state index in [1.54, 1.807) is 17.8 Å². The highest BCUT2D eigenvalue weighted by atomic mass is 19.4. The van der Waals surface area contributed by atoms with Gasteiger partial charge in [-0.15, -0.1) is 0 Å². The predicted octanol–water partition coefficient (Wildman–Crippen LogP) is 2.70. The highest BCUT2D eigenvalue weighted by Gasteiger charge is 2.35. The summed E-state index contributed by atoms with van der Waals surface area (Å²) in [6.45, 7) is 2.16. The third kappa shape index (κ3) is 3.88. The van der Waals surface area contributed by atoms with E-state index in [4.69, 9.17) is 5.26 Å². The Morgan fingerprint density at radius 3 is 2.74 bits per heavy atom. The highest BCUT2D eigenvalue weighted by molar-refractivity contribution is 5.57. The lowest BCUT2D eigenvalue weighted by Gasteiger charge is -2.12. The SMILES string of the molecule is CNc1nc(Nc2cn(CCC#N)nc2C)ncc1C(F)(F)F. The Balaban J connectivity index is 2.24. The van der Waals surface area contributed by atoms with Gasteiger partial charge in [0.2, 0.25) is 5.95 Å². The van der Waals surface area contributed by atoms with Crippen LogP contribution in [-0.2, 0) is 12.7 Å². The fourth-order valence-corrected chi connectivity index (χ4v) is 1.88. The number of nitrogens with one attached hydrogen (secondary N) is 2. The molecule has 0 fully saturated rings. The molecule has 0 amide bonds. The van der Waals surface area contributed by atoms with Gasteiger partial charge < -0.3 is 10.6 Å². The van der Waals surface area contributed by atoms with Crippen LogP contribution in [0.1, 0.15) is 17.7 Å². The molecule has 10 heteroatoms. The van der Waals surface area contributed by atoms with Crippen LogP contribution in [0.25, 0.3) is 0 Å². The summed E-state index contributed by atoms with van der Waals surface area (Å²) in [5.74, 6) is -0.296. The molecule has 0 aliphatic rings. The molecule has 0 bridgehead atoms. The number of nitriles is 1. The van der Waals surface area contributed by atoms with E-state index in [0.717, 1.165) is 6.20 Å². The van der Waals surface area contributed by atoms with Crippen LogP contribution >= 0.6 is 0 Å². The number of nitrogens with zero attached hydrogens (tertiary/aromatic N) is 5. The first-order valence-corrected chi connectivity index (χ1v) is 6.65. The van der Waals surface area contributed by atoms with Gasteiger partial charge in [-0.1, -0.05) is 0 Å². The maximum absolute atomic E-state index is 12.8. The van der Waals surface area contributed by atoms with Crippen LogP contribution in [0.5, 0.6) is 0 Å². The van der Waals surface area contributed by atoms with E-state index >= 15 is 0 Å². The Morgan fingerprint density at radius 2 is 2.13 bits per heavy atom. The van der Waals surface area contributed by atoms with Gasteiger partial charge in [0.25, 0.3) is 0 Å². The quantitative estimate of drug-likeness (QED) is 0.878. The zero-order chi connectivity index (χ0) is 17.0. The van der Waals surface area contributed by atoms with Gasteiger partial charge in [-0.05, 0) is 6.92 Å². The van der Waals surface area contributed by atoms with Crippen LogP contribution in [0, 0.1) is 18.3 Å². The lowest BCUT2D eigenvalue weighted by molar-refractivity contribution is -0.137. The molecule has 0 aliphatic heterocycles. The Morgan fingerprint density at radius 1 is 1.39 bits per heavy atom. The van der Waals surface area contributed by atoms with E-state index in [1.807, 2.05) is 6.07 Å². The smallest absolute Gasteiger partial charge is 0.372 e. The second-order valence-electron chi connectivity index (χ2n) is 4.63. The Kier molecular flexibility index (Phi) is 4.68. The van der Waals surface area contributed by atoms with E-state index in [1.165, 1.54) is 7.05 Å². The van der Waals surface area contributed by atoms with Crippen LogP contribution in [0.4, 0.5) is 30.6 Å². The lowest BCUT2D eigenvalue weighted by Crippen LogP contribution is -2.12. The Bertz CT molecular complexity index is 730. The van der Waals surface area contributed by atoms with Gasteiger partial charge in [-0.2, -0.15) is 28.5 Å². The summed E-state index contributed by atoms with van der Waals surface area (Å²) in [4.78, 5) is 7.51. The van der Waals surface area contributed by atoms with Gasteiger partial charge >= 0.3 is 6.18 Å². The molecule has 0 unspecified atom stereocenters. The summed E-state index contributed by atoms with van der Waals surface area (Å²) >= 11 is 0. The molecule has 0 atom stereocenters.